The zero-order valence-electron chi connectivity index (χ0n) is 43.6. The van der Waals surface area contributed by atoms with Crippen LogP contribution in [0.2, 0.25) is 0 Å². The van der Waals surface area contributed by atoms with Crippen LogP contribution in [0.15, 0.2) is 28.2 Å². The summed E-state index contributed by atoms with van der Waals surface area (Å²) in [5.41, 5.74) is 6.86. The molecule has 6 aromatic rings. The second-order valence-electron chi connectivity index (χ2n) is 21.6. The van der Waals surface area contributed by atoms with Crippen LogP contribution in [0, 0.1) is 25.4 Å². The molecule has 3 unspecified atom stereocenters. The number of nitrogens with one attached hydrogen (secondary N) is 2. The molecule has 0 aromatic carbocycles. The third-order valence-corrected chi connectivity index (χ3v) is 18.0. The summed E-state index contributed by atoms with van der Waals surface area (Å²) in [6.07, 6.45) is 10.1. The van der Waals surface area contributed by atoms with Crippen LogP contribution in [0.1, 0.15) is 55.4 Å². The number of aliphatic hydroxyl groups excluding tert-OH is 6. The molecular weight excluding hydrogens is 1030 g/mol. The SMILES string of the molecule is C=P(C)(C)CC[C@H]1OC(n2c(N)nc3c(=O)[nH]c(C)nc32)[C@H](O)[C@@H]1O.C=P(C)(C)CC[C@H]1OC(n2ccc3c(=S)nc(C)[nH]c32)[C@H](O)[C@@H]1O.C=P(C)(C)CC[C@H]1OC(n2cnc3c(=O)n(C)c(C)nc32)[C@H](O)[C@@H]1O. The van der Waals surface area contributed by atoms with Gasteiger partial charge in [0.1, 0.15) is 64.4 Å². The number of anilines is 1. The first-order chi connectivity index (χ1) is 34.3. The maximum absolute atomic E-state index is 12.3. The molecule has 74 heavy (non-hydrogen) atoms. The Bertz CT molecular complexity index is 3350. The highest BCUT2D eigenvalue weighted by atomic mass is 32.1. The Morgan fingerprint density at radius 3 is 1.65 bits per heavy atom. The fourth-order valence-electron chi connectivity index (χ4n) is 9.08. The number of aryl methyl sites for hydroxylation is 3. The van der Waals surface area contributed by atoms with E-state index in [1.807, 2.05) is 13.0 Å². The smallest absolute Gasteiger partial charge is 0.281 e. The third-order valence-electron chi connectivity index (χ3n) is 13.3. The number of aromatic amines is 2. The van der Waals surface area contributed by atoms with Crippen molar-refractivity contribution in [3.8, 4) is 0 Å². The Hall–Kier alpha value is -4.12. The van der Waals surface area contributed by atoms with E-state index in [4.69, 9.17) is 32.2 Å². The number of fused-ring (bicyclic) bond motifs is 3. The molecule has 12 atom stereocenters. The van der Waals surface area contributed by atoms with Gasteiger partial charge in [-0.2, -0.15) is 0 Å². The van der Waals surface area contributed by atoms with Crippen molar-refractivity contribution in [1.29, 1.82) is 0 Å². The summed E-state index contributed by atoms with van der Waals surface area (Å²) < 4.78 is 24.4. The summed E-state index contributed by atoms with van der Waals surface area (Å²) >= 11 is 5.29. The Kier molecular flexibility index (Phi) is 17.2. The van der Waals surface area contributed by atoms with E-state index in [-0.39, 0.29) is 28.2 Å². The van der Waals surface area contributed by atoms with Gasteiger partial charge in [-0.05, 0) is 105 Å². The van der Waals surface area contributed by atoms with Crippen LogP contribution in [-0.4, -0.2) is 216 Å². The summed E-state index contributed by atoms with van der Waals surface area (Å²) in [5, 5.41) is 63.2. The average molecular weight is 1110 g/mol. The van der Waals surface area contributed by atoms with Crippen molar-refractivity contribution in [3.63, 3.8) is 0 Å². The van der Waals surface area contributed by atoms with E-state index >= 15 is 0 Å². The lowest BCUT2D eigenvalue weighted by Crippen LogP contribution is -2.32. The van der Waals surface area contributed by atoms with Crippen LogP contribution in [0.5, 0.6) is 0 Å². The van der Waals surface area contributed by atoms with Gasteiger partial charge in [0.2, 0.25) is 5.95 Å². The highest BCUT2D eigenvalue weighted by molar-refractivity contribution is 7.73. The van der Waals surface area contributed by atoms with Crippen LogP contribution < -0.4 is 16.9 Å². The normalized spacial score (nSPS) is 27.5. The van der Waals surface area contributed by atoms with Crippen molar-refractivity contribution in [2.75, 3.05) is 64.2 Å². The summed E-state index contributed by atoms with van der Waals surface area (Å²) in [4.78, 5) is 51.1. The molecule has 10 N–H and O–H groups in total. The van der Waals surface area contributed by atoms with Gasteiger partial charge in [-0.15, -0.1) is 39.6 Å². The number of hydrogen-bond donors (Lipinski definition) is 9. The molecule has 23 nitrogen and oxygen atoms in total. The van der Waals surface area contributed by atoms with Gasteiger partial charge in [0.25, 0.3) is 11.1 Å². The number of hydrogen-bond acceptors (Lipinski definition) is 18. The van der Waals surface area contributed by atoms with Crippen LogP contribution in [0.4, 0.5) is 5.95 Å². The Labute approximate surface area is 433 Å². The zero-order chi connectivity index (χ0) is 54.7. The van der Waals surface area contributed by atoms with E-state index in [9.17, 15) is 40.2 Å². The minimum atomic E-state index is -1.28. The maximum Gasteiger partial charge on any atom is 0.281 e. The first kappa shape index (κ1) is 57.6. The van der Waals surface area contributed by atoms with Crippen LogP contribution in [0.3, 0.4) is 0 Å². The van der Waals surface area contributed by atoms with Gasteiger partial charge in [0, 0.05) is 13.2 Å². The van der Waals surface area contributed by atoms with Gasteiger partial charge in [-0.25, -0.2) is 24.9 Å². The molecule has 0 aliphatic carbocycles. The van der Waals surface area contributed by atoms with Crippen molar-refractivity contribution in [2.45, 2.75) is 114 Å². The summed E-state index contributed by atoms with van der Waals surface area (Å²) in [6, 6.07) is 1.85. The fraction of sp³-hybridized carbons (Fsp3) is 0.596. The van der Waals surface area contributed by atoms with Crippen molar-refractivity contribution in [3.05, 3.63) is 61.4 Å². The van der Waals surface area contributed by atoms with E-state index in [1.165, 1.54) is 20.0 Å². The first-order valence-corrected chi connectivity index (χ1v) is 33.7. The number of ether oxygens (including phenoxy) is 3. The van der Waals surface area contributed by atoms with Crippen molar-refractivity contribution in [1.82, 2.24) is 53.2 Å². The largest absolute Gasteiger partial charge is 0.388 e. The molecule has 0 amide bonds. The standard InChI is InChI=1S/C16H25N4O4P.C16H24N3O3PS.C15H24N5O4P/c1-9-18-14-11(15(23)19(9)2)17-8-20(14)16-13(22)12(21)10(24-16)6-7-25(3,4)5;1-9-17-14-10(15(24)18-9)5-7-19(14)16-13(21)12(20)11(22-16)6-8-23(2,3)4;1-7-17-12-9(13(23)18-7)19-15(16)20(12)14-11(22)10(21)8(24-14)5-6-25(2,3)4/h8,10,12-13,16,21-22H,3,6-7H2,1-2,4-5H3;5,7,11-13,16,20-21H,2,6,8H2,1,3-4H3,(H,17,18,24);8,10-11,14,21-22H,2,5-6H2,1,3-4H3,(H2,16,19)(H,17,18,23)/t10-,12-,13-,16?;11-,12-,13-,16?;8-,10-,11-,14?/m111/s1. The lowest BCUT2D eigenvalue weighted by Gasteiger charge is -2.19. The molecular formula is C47H73N12O11P3S. The van der Waals surface area contributed by atoms with Gasteiger partial charge >= 0.3 is 0 Å². The summed E-state index contributed by atoms with van der Waals surface area (Å²) in [5.74, 6) is 1.63. The summed E-state index contributed by atoms with van der Waals surface area (Å²) in [6.45, 7) is 14.2. The van der Waals surface area contributed by atoms with Crippen LogP contribution in [-0.2, 0) is 21.3 Å². The highest BCUT2D eigenvalue weighted by Crippen LogP contribution is 2.43. The molecule has 9 heterocycles. The van der Waals surface area contributed by atoms with Gasteiger partial charge in [-0.3, -0.25) is 23.3 Å². The Morgan fingerprint density at radius 2 is 1.14 bits per heavy atom. The zero-order valence-corrected chi connectivity index (χ0v) is 47.1. The van der Waals surface area contributed by atoms with E-state index in [0.29, 0.717) is 47.0 Å². The molecule has 3 aliphatic heterocycles. The first-order valence-electron chi connectivity index (χ1n) is 24.1. The molecule has 0 spiro atoms. The van der Waals surface area contributed by atoms with Crippen LogP contribution in [0.25, 0.3) is 33.4 Å². The molecule has 6 aromatic heterocycles. The predicted octanol–water partition coefficient (Wildman–Crippen LogP) is 2.01. The fourth-order valence-corrected chi connectivity index (χ4v) is 12.2. The number of nitrogens with zero attached hydrogens (tertiary/aromatic N) is 9. The van der Waals surface area contributed by atoms with Gasteiger partial charge < -0.3 is 65.1 Å². The van der Waals surface area contributed by atoms with Crippen molar-refractivity contribution in [2.24, 2.45) is 7.05 Å². The molecule has 0 radical (unpaired) electrons. The molecule has 3 fully saturated rings. The van der Waals surface area contributed by atoms with Crippen molar-refractivity contribution >= 4 is 91.1 Å². The minimum absolute atomic E-state index is 0.000452. The lowest BCUT2D eigenvalue weighted by atomic mass is 10.1. The highest BCUT2D eigenvalue weighted by Gasteiger charge is 2.47. The molecule has 0 saturated carbocycles. The number of aliphatic hydroxyl groups is 6. The minimum Gasteiger partial charge on any atom is -0.388 e. The topological polar surface area (TPSA) is 325 Å². The second kappa shape index (κ2) is 22.1. The predicted molar refractivity (Wildman–Crippen MR) is 298 cm³/mol. The Morgan fingerprint density at radius 1 is 0.662 bits per heavy atom. The monoisotopic (exact) mass is 1110 g/mol. The lowest BCUT2D eigenvalue weighted by molar-refractivity contribution is -0.0353. The molecule has 0 bridgehead atoms. The number of rotatable bonds is 12. The maximum atomic E-state index is 12.3. The molecule has 9 rings (SSSR count). The Balaban J connectivity index is 0.000000162. The second-order valence-corrected chi connectivity index (χ2v) is 34.9. The van der Waals surface area contributed by atoms with E-state index in [1.54, 1.807) is 31.7 Å². The number of nitrogen functional groups attached to an aromatic ring is 1. The average Bonchev–Trinajstić information content (AvgIpc) is 4.14. The van der Waals surface area contributed by atoms with Crippen molar-refractivity contribution < 1.29 is 44.8 Å². The van der Waals surface area contributed by atoms with Gasteiger partial charge in [-0.1, -0.05) is 12.2 Å². The molecule has 408 valence electrons. The number of nitrogens with two attached hydrogens (primary N) is 1. The van der Waals surface area contributed by atoms with E-state index in [0.717, 1.165) is 29.5 Å². The summed E-state index contributed by atoms with van der Waals surface area (Å²) in [7, 11) is 1.63. The quantitative estimate of drug-likeness (QED) is 0.0625. The van der Waals surface area contributed by atoms with Crippen LogP contribution >= 0.6 is 32.9 Å². The third kappa shape index (κ3) is 12.5. The molecule has 27 heteroatoms. The van der Waals surface area contributed by atoms with Gasteiger partial charge in [0.15, 0.2) is 41.0 Å². The number of aromatic nitrogens is 11. The number of imidazole rings is 2. The molecule has 3 saturated heterocycles. The van der Waals surface area contributed by atoms with E-state index in [2.05, 4.69) is 93.8 Å². The van der Waals surface area contributed by atoms with Gasteiger partial charge in [0.05, 0.1) is 30.0 Å². The number of H-pyrrole nitrogens is 2. The van der Waals surface area contributed by atoms with E-state index < -0.39 is 99.8 Å². The molecule has 3 aliphatic rings.